The van der Waals surface area contributed by atoms with Crippen LogP contribution in [0.15, 0.2) is 150 Å². The minimum atomic E-state index is -0.214. The van der Waals surface area contributed by atoms with E-state index in [1.807, 2.05) is 42.1 Å². The van der Waals surface area contributed by atoms with Crippen molar-refractivity contribution in [1.29, 1.82) is 0 Å². The van der Waals surface area contributed by atoms with Gasteiger partial charge in [-0.1, -0.05) is 111 Å². The first-order chi connectivity index (χ1) is 27.0. The molecule has 0 bridgehead atoms. The van der Waals surface area contributed by atoms with Crippen LogP contribution in [0.5, 0.6) is 0 Å². The third kappa shape index (κ3) is 4.28. The van der Waals surface area contributed by atoms with Gasteiger partial charge in [0.1, 0.15) is 16.9 Å². The lowest BCUT2D eigenvalue weighted by Crippen LogP contribution is -2.15. The summed E-state index contributed by atoms with van der Waals surface area (Å²) in [5.74, 6) is 0.581. The van der Waals surface area contributed by atoms with Gasteiger partial charge in [-0.15, -0.1) is 11.3 Å². The second-order valence-electron chi connectivity index (χ2n) is 15.0. The maximum atomic E-state index is 6.67. The van der Waals surface area contributed by atoms with Crippen molar-refractivity contribution in [3.8, 4) is 44.9 Å². The van der Waals surface area contributed by atoms with E-state index in [2.05, 4.69) is 134 Å². The van der Waals surface area contributed by atoms with Crippen LogP contribution >= 0.6 is 11.3 Å². The highest BCUT2D eigenvalue weighted by atomic mass is 32.1. The fourth-order valence-corrected chi connectivity index (χ4v) is 10.4. The van der Waals surface area contributed by atoms with Gasteiger partial charge >= 0.3 is 0 Å². The number of hydrogen-bond acceptors (Lipinski definition) is 6. The van der Waals surface area contributed by atoms with Gasteiger partial charge in [-0.3, -0.25) is 4.98 Å². The van der Waals surface area contributed by atoms with Crippen molar-refractivity contribution in [2.24, 2.45) is 0 Å². The van der Waals surface area contributed by atoms with E-state index in [0.717, 1.165) is 55.2 Å². The van der Waals surface area contributed by atoms with Gasteiger partial charge in [-0.05, 0) is 63.7 Å². The number of pyridine rings is 2. The van der Waals surface area contributed by atoms with Crippen molar-refractivity contribution in [2.45, 2.75) is 19.3 Å². The van der Waals surface area contributed by atoms with Crippen LogP contribution in [0.1, 0.15) is 25.0 Å². The Morgan fingerprint density at radius 1 is 0.582 bits per heavy atom. The Kier molecular flexibility index (Phi) is 6.21. The molecule has 0 unspecified atom stereocenters. The zero-order valence-electron chi connectivity index (χ0n) is 30.0. The molecule has 0 radical (unpaired) electrons. The van der Waals surface area contributed by atoms with Gasteiger partial charge in [0.15, 0.2) is 5.82 Å². The van der Waals surface area contributed by atoms with Crippen LogP contribution in [0, 0.1) is 0 Å². The Labute approximate surface area is 319 Å². The molecule has 11 aromatic rings. The summed E-state index contributed by atoms with van der Waals surface area (Å²) in [6, 6.07) is 45.2. The van der Waals surface area contributed by atoms with Gasteiger partial charge in [0.05, 0.1) is 11.0 Å². The van der Waals surface area contributed by atoms with E-state index in [1.165, 1.54) is 58.9 Å². The molecule has 0 amide bonds. The number of nitrogens with zero attached hydrogens (tertiary/aromatic N) is 4. The molecule has 0 spiro atoms. The van der Waals surface area contributed by atoms with Crippen LogP contribution in [0.25, 0.3) is 109 Å². The number of furan rings is 1. The molecule has 5 heterocycles. The van der Waals surface area contributed by atoms with Crippen LogP contribution in [-0.2, 0) is 5.41 Å². The van der Waals surface area contributed by atoms with Crippen LogP contribution in [0.3, 0.4) is 0 Å². The third-order valence-corrected chi connectivity index (χ3v) is 12.8. The first-order valence-electron chi connectivity index (χ1n) is 18.5. The van der Waals surface area contributed by atoms with E-state index in [1.54, 1.807) is 0 Å². The van der Waals surface area contributed by atoms with Gasteiger partial charge in [0.2, 0.25) is 0 Å². The SMILES string of the molecule is CC1(C)c2ccccc2-c2c(-c3ccc(-c4cnc(-c5ccc6ccc7cccnc7c6n5)nc4)c4c3sc3ccccc34)cc3oc4ccccc4c3c21. The molecule has 0 saturated carbocycles. The topological polar surface area (TPSA) is 64.7 Å². The molecule has 1 aliphatic carbocycles. The van der Waals surface area contributed by atoms with Gasteiger partial charge in [0.25, 0.3) is 0 Å². The number of hydrogen-bond donors (Lipinski definition) is 0. The molecule has 0 fully saturated rings. The van der Waals surface area contributed by atoms with Gasteiger partial charge in [0, 0.05) is 76.8 Å². The van der Waals surface area contributed by atoms with Gasteiger partial charge < -0.3 is 4.42 Å². The molecular formula is C49H30N4OS. The average molecular weight is 723 g/mol. The fraction of sp³-hybridized carbons (Fsp3) is 0.0612. The van der Waals surface area contributed by atoms with Crippen molar-refractivity contribution < 1.29 is 4.42 Å². The average Bonchev–Trinajstić information content (AvgIpc) is 3.88. The summed E-state index contributed by atoms with van der Waals surface area (Å²) in [6.07, 6.45) is 5.69. The molecule has 5 nitrogen and oxygen atoms in total. The Bertz CT molecular complexity index is 3410. The Morgan fingerprint density at radius 3 is 2.22 bits per heavy atom. The minimum Gasteiger partial charge on any atom is -0.456 e. The molecule has 1 aliphatic rings. The van der Waals surface area contributed by atoms with Crippen molar-refractivity contribution in [1.82, 2.24) is 19.9 Å². The number of thiophene rings is 1. The predicted octanol–water partition coefficient (Wildman–Crippen LogP) is 13.1. The van der Waals surface area contributed by atoms with E-state index >= 15 is 0 Å². The van der Waals surface area contributed by atoms with Gasteiger partial charge in [-0.25, -0.2) is 15.0 Å². The minimum absolute atomic E-state index is 0.214. The quantitative estimate of drug-likeness (QED) is 0.170. The van der Waals surface area contributed by atoms with Crippen molar-refractivity contribution in [3.05, 3.63) is 157 Å². The highest BCUT2D eigenvalue weighted by molar-refractivity contribution is 7.26. The summed E-state index contributed by atoms with van der Waals surface area (Å²) in [4.78, 5) is 19.4. The number of para-hydroxylation sites is 1. The van der Waals surface area contributed by atoms with Crippen LogP contribution in [-0.4, -0.2) is 19.9 Å². The van der Waals surface area contributed by atoms with E-state index < -0.39 is 0 Å². The molecule has 258 valence electrons. The smallest absolute Gasteiger partial charge is 0.178 e. The second-order valence-corrected chi connectivity index (χ2v) is 16.0. The highest BCUT2D eigenvalue weighted by Gasteiger charge is 2.40. The molecule has 0 N–H and O–H groups in total. The second kappa shape index (κ2) is 11.1. The molecule has 12 rings (SSSR count). The van der Waals surface area contributed by atoms with Crippen LogP contribution < -0.4 is 0 Å². The van der Waals surface area contributed by atoms with Crippen LogP contribution in [0.2, 0.25) is 0 Å². The normalized spacial score (nSPS) is 13.4. The lowest BCUT2D eigenvalue weighted by atomic mass is 9.79. The lowest BCUT2D eigenvalue weighted by molar-refractivity contribution is 0.657. The van der Waals surface area contributed by atoms with E-state index in [-0.39, 0.29) is 5.41 Å². The highest BCUT2D eigenvalue weighted by Crippen LogP contribution is 2.57. The number of aromatic nitrogens is 4. The zero-order chi connectivity index (χ0) is 36.4. The molecule has 6 heteroatoms. The summed E-state index contributed by atoms with van der Waals surface area (Å²) in [5.41, 5.74) is 13.8. The van der Waals surface area contributed by atoms with E-state index in [9.17, 15) is 0 Å². The molecule has 5 aromatic heterocycles. The number of benzene rings is 6. The summed E-state index contributed by atoms with van der Waals surface area (Å²) >= 11 is 1.84. The summed E-state index contributed by atoms with van der Waals surface area (Å²) < 4.78 is 9.14. The largest absolute Gasteiger partial charge is 0.456 e. The molecule has 6 aromatic carbocycles. The molecule has 0 saturated heterocycles. The monoisotopic (exact) mass is 722 g/mol. The molecule has 0 aliphatic heterocycles. The Hall–Kier alpha value is -6.76. The van der Waals surface area contributed by atoms with Crippen molar-refractivity contribution >= 4 is 75.3 Å². The summed E-state index contributed by atoms with van der Waals surface area (Å²) in [6.45, 7) is 4.72. The maximum Gasteiger partial charge on any atom is 0.178 e. The Morgan fingerprint density at radius 2 is 1.33 bits per heavy atom. The number of rotatable bonds is 3. The third-order valence-electron chi connectivity index (χ3n) is 11.6. The van der Waals surface area contributed by atoms with Crippen molar-refractivity contribution in [2.75, 3.05) is 0 Å². The maximum absolute atomic E-state index is 6.67. The summed E-state index contributed by atoms with van der Waals surface area (Å²) in [7, 11) is 0. The molecular weight excluding hydrogens is 693 g/mol. The molecule has 55 heavy (non-hydrogen) atoms. The van der Waals surface area contributed by atoms with Gasteiger partial charge in [-0.2, -0.15) is 0 Å². The lowest BCUT2D eigenvalue weighted by Gasteiger charge is -2.23. The predicted molar refractivity (Wildman–Crippen MR) is 227 cm³/mol. The van der Waals surface area contributed by atoms with Crippen molar-refractivity contribution in [3.63, 3.8) is 0 Å². The van der Waals surface area contributed by atoms with E-state index in [4.69, 9.17) is 19.4 Å². The van der Waals surface area contributed by atoms with E-state index in [0.29, 0.717) is 5.82 Å². The van der Waals surface area contributed by atoms with Crippen LogP contribution in [0.4, 0.5) is 0 Å². The standard InChI is InChI=1S/C49H30N4OS/c1-49(2)36-14-6-3-11-32(36)41-35(24-39-43(44(41)49)33-12-4-7-15-38(33)54-39)31-21-20-30(42-34-13-5-8-16-40(34)55-47(31)42)29-25-51-48(52-26-29)37-22-19-28-18-17-27-10-9-23-50-45(27)46(28)53-37/h3-26H,1-2H3. The first kappa shape index (κ1) is 30.7. The first-order valence-corrected chi connectivity index (χ1v) is 19.3. The fourth-order valence-electron chi connectivity index (χ4n) is 9.11. The zero-order valence-corrected chi connectivity index (χ0v) is 30.8. The summed E-state index contributed by atoms with van der Waals surface area (Å²) in [5, 5.41) is 6.90. The Balaban J connectivity index is 1.07. The molecule has 0 atom stereocenters. The number of fused-ring (bicyclic) bond motifs is 13.